The van der Waals surface area contributed by atoms with Gasteiger partial charge in [-0.15, -0.1) is 5.10 Å². The van der Waals surface area contributed by atoms with Gasteiger partial charge < -0.3 is 5.32 Å². The average Bonchev–Trinajstić information content (AvgIpc) is 3.06. The van der Waals surface area contributed by atoms with Crippen LogP contribution in [0.15, 0.2) is 6.33 Å². The van der Waals surface area contributed by atoms with Crippen LogP contribution >= 0.6 is 11.5 Å². The van der Waals surface area contributed by atoms with Gasteiger partial charge in [0.15, 0.2) is 0 Å². The fourth-order valence-electron chi connectivity index (χ4n) is 2.38. The second kappa shape index (κ2) is 7.09. The lowest BCUT2D eigenvalue weighted by Gasteiger charge is -2.19. The molecular weight excluding hydrogens is 284 g/mol. The van der Waals surface area contributed by atoms with Gasteiger partial charge in [-0.2, -0.15) is 5.10 Å². The average molecular weight is 308 g/mol. The maximum absolute atomic E-state index is 4.42. The van der Waals surface area contributed by atoms with Gasteiger partial charge in [-0.05, 0) is 37.8 Å². The van der Waals surface area contributed by atoms with Gasteiger partial charge in [0.1, 0.15) is 12.2 Å². The molecule has 0 aromatic carbocycles. The summed E-state index contributed by atoms with van der Waals surface area (Å²) in [5.74, 6) is 1.38. The van der Waals surface area contributed by atoms with Crippen LogP contribution in [-0.4, -0.2) is 30.9 Å². The SMILES string of the molecule is CCNC(Cc1ncnn1C(C)C)c1snnc1C(C)C. The van der Waals surface area contributed by atoms with Gasteiger partial charge in [0.25, 0.3) is 0 Å². The van der Waals surface area contributed by atoms with E-state index in [0.717, 1.165) is 24.5 Å². The topological polar surface area (TPSA) is 68.5 Å². The number of aromatic nitrogens is 5. The zero-order chi connectivity index (χ0) is 15.4. The first-order valence-electron chi connectivity index (χ1n) is 7.48. The van der Waals surface area contributed by atoms with Crippen molar-refractivity contribution in [3.63, 3.8) is 0 Å². The highest BCUT2D eigenvalue weighted by molar-refractivity contribution is 7.05. The van der Waals surface area contributed by atoms with Gasteiger partial charge in [0, 0.05) is 12.5 Å². The largest absolute Gasteiger partial charge is 0.309 e. The molecule has 6 nitrogen and oxygen atoms in total. The van der Waals surface area contributed by atoms with Crippen molar-refractivity contribution in [3.05, 3.63) is 22.7 Å². The number of nitrogens with zero attached hydrogens (tertiary/aromatic N) is 5. The molecule has 0 fully saturated rings. The van der Waals surface area contributed by atoms with Gasteiger partial charge in [-0.3, -0.25) is 0 Å². The fraction of sp³-hybridized carbons (Fsp3) is 0.714. The van der Waals surface area contributed by atoms with Crippen molar-refractivity contribution < 1.29 is 0 Å². The van der Waals surface area contributed by atoms with E-state index in [1.54, 1.807) is 6.33 Å². The summed E-state index contributed by atoms with van der Waals surface area (Å²) in [7, 11) is 0. The van der Waals surface area contributed by atoms with Crippen molar-refractivity contribution in [1.29, 1.82) is 0 Å². The molecule has 7 heteroatoms. The lowest BCUT2D eigenvalue weighted by Crippen LogP contribution is -2.25. The standard InChI is InChI=1S/C14H24N6S/c1-6-15-11(14-13(9(2)3)18-19-21-14)7-12-16-8-17-20(12)10(4)5/h8-11,15H,6-7H2,1-5H3. The summed E-state index contributed by atoms with van der Waals surface area (Å²) in [6.45, 7) is 11.6. The predicted octanol–water partition coefficient (Wildman–Crippen LogP) is 2.73. The normalized spacial score (nSPS) is 13.3. The molecule has 2 aromatic rings. The van der Waals surface area contributed by atoms with E-state index in [-0.39, 0.29) is 6.04 Å². The third-order valence-corrected chi connectivity index (χ3v) is 4.23. The first-order chi connectivity index (χ1) is 10.0. The van der Waals surface area contributed by atoms with E-state index in [1.807, 2.05) is 4.68 Å². The van der Waals surface area contributed by atoms with Gasteiger partial charge in [0.05, 0.1) is 16.6 Å². The molecule has 0 saturated carbocycles. The molecule has 116 valence electrons. The fourth-order valence-corrected chi connectivity index (χ4v) is 3.27. The van der Waals surface area contributed by atoms with Gasteiger partial charge in [-0.1, -0.05) is 25.3 Å². The Morgan fingerprint density at radius 1 is 1.29 bits per heavy atom. The van der Waals surface area contributed by atoms with Crippen LogP contribution in [0.25, 0.3) is 0 Å². The van der Waals surface area contributed by atoms with Crippen molar-refractivity contribution in [3.8, 4) is 0 Å². The Hall–Kier alpha value is -1.34. The molecule has 0 aliphatic carbocycles. The summed E-state index contributed by atoms with van der Waals surface area (Å²) in [5, 5.41) is 12.1. The minimum Gasteiger partial charge on any atom is -0.309 e. The van der Waals surface area contributed by atoms with E-state index >= 15 is 0 Å². The van der Waals surface area contributed by atoms with Crippen LogP contribution in [0.5, 0.6) is 0 Å². The van der Waals surface area contributed by atoms with E-state index in [4.69, 9.17) is 0 Å². The molecule has 1 atom stereocenters. The molecule has 0 aliphatic rings. The Balaban J connectivity index is 2.27. The highest BCUT2D eigenvalue weighted by Crippen LogP contribution is 2.28. The predicted molar refractivity (Wildman–Crippen MR) is 84.5 cm³/mol. The van der Waals surface area contributed by atoms with Crippen molar-refractivity contribution in [2.24, 2.45) is 0 Å². The molecule has 0 bridgehead atoms. The summed E-state index contributed by atoms with van der Waals surface area (Å²) >= 11 is 1.48. The summed E-state index contributed by atoms with van der Waals surface area (Å²) in [6, 6.07) is 0.503. The molecule has 2 rings (SSSR count). The van der Waals surface area contributed by atoms with Crippen LogP contribution in [0.2, 0.25) is 0 Å². The first-order valence-corrected chi connectivity index (χ1v) is 8.25. The lowest BCUT2D eigenvalue weighted by atomic mass is 10.0. The molecule has 0 radical (unpaired) electrons. The van der Waals surface area contributed by atoms with Crippen molar-refractivity contribution >= 4 is 11.5 Å². The third-order valence-electron chi connectivity index (χ3n) is 3.38. The van der Waals surface area contributed by atoms with E-state index in [1.165, 1.54) is 16.4 Å². The Bertz CT molecular complexity index is 559. The molecular formula is C14H24N6S. The Morgan fingerprint density at radius 3 is 2.67 bits per heavy atom. The van der Waals surface area contributed by atoms with E-state index in [2.05, 4.69) is 59.6 Å². The maximum Gasteiger partial charge on any atom is 0.138 e. The number of hydrogen-bond donors (Lipinski definition) is 1. The summed E-state index contributed by atoms with van der Waals surface area (Å²) < 4.78 is 6.12. The van der Waals surface area contributed by atoms with Crippen LogP contribution in [0.1, 0.15) is 69.0 Å². The minimum absolute atomic E-state index is 0.189. The number of likely N-dealkylation sites (N-methyl/N-ethyl adjacent to an activating group) is 1. The van der Waals surface area contributed by atoms with Crippen molar-refractivity contribution in [2.45, 2.75) is 59.0 Å². The van der Waals surface area contributed by atoms with Crippen LogP contribution < -0.4 is 5.32 Å². The molecule has 2 aromatic heterocycles. The van der Waals surface area contributed by atoms with E-state index in [0.29, 0.717) is 12.0 Å². The Labute approximate surface area is 130 Å². The quantitative estimate of drug-likeness (QED) is 0.851. The molecule has 1 N–H and O–H groups in total. The highest BCUT2D eigenvalue weighted by atomic mass is 32.1. The molecule has 2 heterocycles. The maximum atomic E-state index is 4.42. The first kappa shape index (κ1) is 16.0. The van der Waals surface area contributed by atoms with Crippen LogP contribution in [0.3, 0.4) is 0 Å². The summed E-state index contributed by atoms with van der Waals surface area (Å²) in [5.41, 5.74) is 1.08. The zero-order valence-electron chi connectivity index (χ0n) is 13.4. The molecule has 1 unspecified atom stereocenters. The van der Waals surface area contributed by atoms with Crippen LogP contribution in [0, 0.1) is 0 Å². The van der Waals surface area contributed by atoms with Crippen LogP contribution in [0.4, 0.5) is 0 Å². The van der Waals surface area contributed by atoms with Crippen LogP contribution in [-0.2, 0) is 6.42 Å². The second-order valence-corrected chi connectivity index (χ2v) is 6.49. The van der Waals surface area contributed by atoms with Crippen molar-refractivity contribution in [1.82, 2.24) is 29.7 Å². The van der Waals surface area contributed by atoms with Gasteiger partial charge in [0.2, 0.25) is 0 Å². The highest BCUT2D eigenvalue weighted by Gasteiger charge is 2.23. The van der Waals surface area contributed by atoms with Gasteiger partial charge >= 0.3 is 0 Å². The summed E-state index contributed by atoms with van der Waals surface area (Å²) in [6.07, 6.45) is 2.43. The number of rotatable bonds is 7. The number of hydrogen-bond acceptors (Lipinski definition) is 6. The zero-order valence-corrected chi connectivity index (χ0v) is 14.2. The molecule has 0 aliphatic heterocycles. The Morgan fingerprint density at radius 2 is 2.05 bits per heavy atom. The second-order valence-electron chi connectivity index (χ2n) is 5.71. The van der Waals surface area contributed by atoms with Gasteiger partial charge in [-0.25, -0.2) is 9.67 Å². The summed E-state index contributed by atoms with van der Waals surface area (Å²) in [4.78, 5) is 5.63. The minimum atomic E-state index is 0.189. The third kappa shape index (κ3) is 3.65. The molecule has 21 heavy (non-hydrogen) atoms. The molecule has 0 amide bonds. The molecule has 0 spiro atoms. The van der Waals surface area contributed by atoms with E-state index in [9.17, 15) is 0 Å². The number of nitrogens with one attached hydrogen (secondary N) is 1. The van der Waals surface area contributed by atoms with E-state index < -0.39 is 0 Å². The Kier molecular flexibility index (Phi) is 5.41. The molecule has 0 saturated heterocycles. The smallest absolute Gasteiger partial charge is 0.138 e. The monoisotopic (exact) mass is 308 g/mol. The lowest BCUT2D eigenvalue weighted by molar-refractivity contribution is 0.469. The van der Waals surface area contributed by atoms with Crippen molar-refractivity contribution in [2.75, 3.05) is 6.54 Å².